The average Bonchev–Trinajstić information content (AvgIpc) is 3.60. The predicted molar refractivity (Wildman–Crippen MR) is 148 cm³/mol. The van der Waals surface area contributed by atoms with Gasteiger partial charge in [-0.1, -0.05) is 48.3 Å². The second-order valence-electron chi connectivity index (χ2n) is 9.93. The number of halogens is 1. The van der Waals surface area contributed by atoms with Gasteiger partial charge in [-0.25, -0.2) is 13.4 Å². The summed E-state index contributed by atoms with van der Waals surface area (Å²) in [6.07, 6.45) is 6.79. The summed E-state index contributed by atoms with van der Waals surface area (Å²) in [5.41, 5.74) is 2.17. The van der Waals surface area contributed by atoms with E-state index in [2.05, 4.69) is 0 Å². The standard InChI is InChI=1S/C27H32ClN3O4S2/c1-18-10-15-23(28)25-24(18)29-27(36-25)31(17-21-9-6-16-35-21)26(32)19-11-13-22(14-12-19)37(33,34)30(2)20-7-4-3-5-8-20/h10-15,20-21H,3-9,16-17H2,1-2H3. The zero-order valence-corrected chi connectivity index (χ0v) is 23.5. The molecule has 0 radical (unpaired) electrons. The van der Waals surface area contributed by atoms with Crippen LogP contribution < -0.4 is 4.90 Å². The summed E-state index contributed by atoms with van der Waals surface area (Å²) in [6, 6.07) is 10.0. The third-order valence-corrected chi connectivity index (χ3v) is 10.9. The van der Waals surface area contributed by atoms with Gasteiger partial charge in [0.2, 0.25) is 10.0 Å². The summed E-state index contributed by atoms with van der Waals surface area (Å²) in [5, 5.41) is 1.16. The number of fused-ring (bicyclic) bond motifs is 1. The maximum absolute atomic E-state index is 13.8. The molecule has 1 aliphatic heterocycles. The van der Waals surface area contributed by atoms with Crippen LogP contribution >= 0.6 is 22.9 Å². The lowest BCUT2D eigenvalue weighted by Crippen LogP contribution is -2.38. The molecule has 1 unspecified atom stereocenters. The van der Waals surface area contributed by atoms with Gasteiger partial charge in [0.1, 0.15) is 0 Å². The minimum absolute atomic E-state index is 0.0243. The molecule has 1 saturated carbocycles. The fourth-order valence-electron chi connectivity index (χ4n) is 5.18. The molecular formula is C27H32ClN3O4S2. The highest BCUT2D eigenvalue weighted by molar-refractivity contribution is 7.89. The molecular weight excluding hydrogens is 530 g/mol. The van der Waals surface area contributed by atoms with Crippen LogP contribution in [0.3, 0.4) is 0 Å². The Kier molecular flexibility index (Phi) is 7.88. The minimum Gasteiger partial charge on any atom is -0.376 e. The Bertz CT molecular complexity index is 1340. The number of anilines is 1. The third-order valence-electron chi connectivity index (χ3n) is 7.44. The number of aromatic nitrogens is 1. The van der Waals surface area contributed by atoms with Gasteiger partial charge in [0.15, 0.2) is 5.13 Å². The van der Waals surface area contributed by atoms with E-state index < -0.39 is 10.0 Å². The van der Waals surface area contributed by atoms with Crippen LogP contribution in [0.1, 0.15) is 60.9 Å². The van der Waals surface area contributed by atoms with E-state index in [0.29, 0.717) is 28.9 Å². The number of rotatable bonds is 7. The highest BCUT2D eigenvalue weighted by atomic mass is 35.5. The number of sulfonamides is 1. The first kappa shape index (κ1) is 26.6. The van der Waals surface area contributed by atoms with Crippen molar-refractivity contribution in [3.05, 3.63) is 52.5 Å². The van der Waals surface area contributed by atoms with Crippen LogP contribution in [0.25, 0.3) is 10.2 Å². The zero-order valence-electron chi connectivity index (χ0n) is 21.2. The Morgan fingerprint density at radius 2 is 1.81 bits per heavy atom. The second-order valence-corrected chi connectivity index (χ2v) is 13.3. The van der Waals surface area contributed by atoms with Gasteiger partial charge in [0.05, 0.1) is 32.8 Å². The molecule has 1 amide bonds. The molecule has 1 atom stereocenters. The minimum atomic E-state index is -3.64. The van der Waals surface area contributed by atoms with Gasteiger partial charge in [-0.05, 0) is 68.5 Å². The summed E-state index contributed by atoms with van der Waals surface area (Å²) in [5.74, 6) is -0.243. The van der Waals surface area contributed by atoms with Crippen molar-refractivity contribution in [1.82, 2.24) is 9.29 Å². The largest absolute Gasteiger partial charge is 0.376 e. The number of nitrogens with zero attached hydrogens (tertiary/aromatic N) is 3. The Hall–Kier alpha value is -2.04. The van der Waals surface area contributed by atoms with Crippen molar-refractivity contribution in [2.45, 2.75) is 68.9 Å². The van der Waals surface area contributed by atoms with Gasteiger partial charge in [0.25, 0.3) is 5.91 Å². The summed E-state index contributed by atoms with van der Waals surface area (Å²) < 4.78 is 34.7. The lowest BCUT2D eigenvalue weighted by atomic mass is 9.96. The summed E-state index contributed by atoms with van der Waals surface area (Å²) in [6.45, 7) is 3.02. The van der Waals surface area contributed by atoms with Gasteiger partial charge in [-0.15, -0.1) is 0 Å². The molecule has 37 heavy (non-hydrogen) atoms. The van der Waals surface area contributed by atoms with Gasteiger partial charge < -0.3 is 4.74 Å². The molecule has 1 saturated heterocycles. The van der Waals surface area contributed by atoms with E-state index in [1.807, 2.05) is 19.1 Å². The fraction of sp³-hybridized carbons (Fsp3) is 0.481. The van der Waals surface area contributed by atoms with Crippen LogP contribution in [0.15, 0.2) is 41.3 Å². The van der Waals surface area contributed by atoms with Crippen molar-refractivity contribution in [2.75, 3.05) is 25.1 Å². The second kappa shape index (κ2) is 11.0. The molecule has 0 N–H and O–H groups in total. The first-order valence-electron chi connectivity index (χ1n) is 12.8. The predicted octanol–water partition coefficient (Wildman–Crippen LogP) is 6.04. The Morgan fingerprint density at radius 3 is 2.46 bits per heavy atom. The normalized spacial score (nSPS) is 19.1. The maximum atomic E-state index is 13.8. The number of ether oxygens (including phenoxy) is 1. The molecule has 1 aliphatic carbocycles. The molecule has 2 aromatic carbocycles. The number of amides is 1. The van der Waals surface area contributed by atoms with Crippen LogP contribution in [0.5, 0.6) is 0 Å². The van der Waals surface area contributed by atoms with Crippen molar-refractivity contribution >= 4 is 54.2 Å². The van der Waals surface area contributed by atoms with Crippen LogP contribution in [0.4, 0.5) is 5.13 Å². The SMILES string of the molecule is Cc1ccc(Cl)c2sc(N(CC3CCCO3)C(=O)c3ccc(S(=O)(=O)N(C)C4CCCCC4)cc3)nc12. The molecule has 10 heteroatoms. The summed E-state index contributed by atoms with van der Waals surface area (Å²) >= 11 is 7.82. The number of thiazole rings is 1. The number of hydrogen-bond donors (Lipinski definition) is 0. The van der Waals surface area contributed by atoms with Crippen LogP contribution in [0.2, 0.25) is 5.02 Å². The smallest absolute Gasteiger partial charge is 0.260 e. The van der Waals surface area contributed by atoms with Crippen LogP contribution in [-0.4, -0.2) is 56.0 Å². The van der Waals surface area contributed by atoms with Gasteiger partial charge >= 0.3 is 0 Å². The van der Waals surface area contributed by atoms with E-state index in [1.165, 1.54) is 27.8 Å². The molecule has 0 spiro atoms. The van der Waals surface area contributed by atoms with E-state index in [4.69, 9.17) is 21.3 Å². The Balaban J connectivity index is 1.43. The maximum Gasteiger partial charge on any atom is 0.260 e. The van der Waals surface area contributed by atoms with Crippen molar-refractivity contribution < 1.29 is 17.9 Å². The molecule has 2 heterocycles. The number of hydrogen-bond acceptors (Lipinski definition) is 6. The van der Waals surface area contributed by atoms with Gasteiger partial charge in [0, 0.05) is 25.3 Å². The Morgan fingerprint density at radius 1 is 1.08 bits per heavy atom. The first-order chi connectivity index (χ1) is 17.8. The monoisotopic (exact) mass is 561 g/mol. The quantitative estimate of drug-likeness (QED) is 0.351. The molecule has 5 rings (SSSR count). The molecule has 7 nitrogen and oxygen atoms in total. The first-order valence-corrected chi connectivity index (χ1v) is 15.5. The average molecular weight is 562 g/mol. The Labute approximate surface area is 227 Å². The topological polar surface area (TPSA) is 79.8 Å². The highest BCUT2D eigenvalue weighted by Crippen LogP contribution is 2.37. The molecule has 3 aromatic rings. The summed E-state index contributed by atoms with van der Waals surface area (Å²) in [4.78, 5) is 20.4. The fourth-order valence-corrected chi connectivity index (χ4v) is 7.92. The number of aryl methyl sites for hydroxylation is 1. The van der Waals surface area contributed by atoms with Crippen molar-refractivity contribution in [3.8, 4) is 0 Å². The van der Waals surface area contributed by atoms with Crippen molar-refractivity contribution in [1.29, 1.82) is 0 Å². The lowest BCUT2D eigenvalue weighted by molar-refractivity contribution is 0.0917. The lowest BCUT2D eigenvalue weighted by Gasteiger charge is -2.30. The number of benzene rings is 2. The van der Waals surface area contributed by atoms with E-state index in [0.717, 1.165) is 60.7 Å². The van der Waals surface area contributed by atoms with E-state index >= 15 is 0 Å². The van der Waals surface area contributed by atoms with Crippen molar-refractivity contribution in [3.63, 3.8) is 0 Å². The highest BCUT2D eigenvalue weighted by Gasteiger charge is 2.31. The van der Waals surface area contributed by atoms with Crippen molar-refractivity contribution in [2.24, 2.45) is 0 Å². The van der Waals surface area contributed by atoms with Gasteiger partial charge in [-0.3, -0.25) is 9.69 Å². The van der Waals surface area contributed by atoms with Crippen LogP contribution in [0, 0.1) is 6.92 Å². The molecule has 2 fully saturated rings. The van der Waals surface area contributed by atoms with E-state index in [-0.39, 0.29) is 22.9 Å². The van der Waals surface area contributed by atoms with E-state index in [9.17, 15) is 13.2 Å². The molecule has 2 aliphatic rings. The number of carbonyl (C=O) groups is 1. The van der Waals surface area contributed by atoms with Crippen LogP contribution in [-0.2, 0) is 14.8 Å². The number of carbonyl (C=O) groups excluding carboxylic acids is 1. The zero-order chi connectivity index (χ0) is 26.2. The third kappa shape index (κ3) is 5.43. The van der Waals surface area contributed by atoms with E-state index in [1.54, 1.807) is 24.1 Å². The molecule has 198 valence electrons. The summed E-state index contributed by atoms with van der Waals surface area (Å²) in [7, 11) is -1.97. The molecule has 1 aromatic heterocycles. The molecule has 0 bridgehead atoms. The van der Waals surface area contributed by atoms with Gasteiger partial charge in [-0.2, -0.15) is 4.31 Å².